The standard InChI is InChI=1S/C17H22N2O3/c1-10(12-7-8-12)18-17(20)19-11(2)15-9-13-5-4-6-14(21-3)16(13)22-15/h4-6,9-12H,7-8H2,1-3H3,(H2,18,19,20). The molecule has 1 aliphatic carbocycles. The number of urea groups is 1. The van der Waals surface area contributed by atoms with Gasteiger partial charge in [0.1, 0.15) is 5.76 Å². The number of nitrogens with one attached hydrogen (secondary N) is 2. The van der Waals surface area contributed by atoms with Crippen LogP contribution in [0, 0.1) is 5.92 Å². The molecular formula is C17H22N2O3. The first-order valence-electron chi connectivity index (χ1n) is 7.72. The number of methoxy groups -OCH3 is 1. The maximum atomic E-state index is 12.0. The highest BCUT2D eigenvalue weighted by atomic mass is 16.5. The summed E-state index contributed by atoms with van der Waals surface area (Å²) in [4.78, 5) is 12.0. The van der Waals surface area contributed by atoms with E-state index in [0.717, 1.165) is 5.39 Å². The maximum Gasteiger partial charge on any atom is 0.315 e. The Kier molecular flexibility index (Phi) is 3.96. The van der Waals surface area contributed by atoms with Crippen molar-refractivity contribution in [1.29, 1.82) is 0 Å². The number of rotatable bonds is 5. The van der Waals surface area contributed by atoms with Crippen LogP contribution in [0.5, 0.6) is 5.75 Å². The van der Waals surface area contributed by atoms with E-state index in [9.17, 15) is 4.79 Å². The van der Waals surface area contributed by atoms with Crippen LogP contribution in [-0.4, -0.2) is 19.2 Å². The normalized spacial score (nSPS) is 17.0. The molecule has 1 heterocycles. The second kappa shape index (κ2) is 5.91. The predicted octanol–water partition coefficient (Wildman–Crippen LogP) is 3.60. The molecule has 2 N–H and O–H groups in total. The van der Waals surface area contributed by atoms with Gasteiger partial charge in [0.05, 0.1) is 13.2 Å². The molecule has 1 aliphatic rings. The molecule has 118 valence electrons. The summed E-state index contributed by atoms with van der Waals surface area (Å²) in [6.07, 6.45) is 2.42. The van der Waals surface area contributed by atoms with Crippen molar-refractivity contribution in [3.8, 4) is 5.75 Å². The second-order valence-corrected chi connectivity index (χ2v) is 5.99. The van der Waals surface area contributed by atoms with Crippen molar-refractivity contribution in [3.05, 3.63) is 30.0 Å². The summed E-state index contributed by atoms with van der Waals surface area (Å²) in [5.74, 6) is 2.05. The van der Waals surface area contributed by atoms with Gasteiger partial charge in [0.25, 0.3) is 0 Å². The molecule has 2 atom stereocenters. The number of hydrogen-bond acceptors (Lipinski definition) is 3. The quantitative estimate of drug-likeness (QED) is 0.887. The molecule has 2 amide bonds. The third kappa shape index (κ3) is 3.03. The van der Waals surface area contributed by atoms with Crippen LogP contribution < -0.4 is 15.4 Å². The highest BCUT2D eigenvalue weighted by Gasteiger charge is 2.29. The topological polar surface area (TPSA) is 63.5 Å². The minimum atomic E-state index is -0.205. The van der Waals surface area contributed by atoms with E-state index in [0.29, 0.717) is 23.0 Å². The largest absolute Gasteiger partial charge is 0.493 e. The summed E-state index contributed by atoms with van der Waals surface area (Å²) in [7, 11) is 1.62. The van der Waals surface area contributed by atoms with Crippen LogP contribution in [0.2, 0.25) is 0 Å². The molecule has 1 saturated carbocycles. The fraction of sp³-hybridized carbons (Fsp3) is 0.471. The molecule has 0 aliphatic heterocycles. The first-order valence-corrected chi connectivity index (χ1v) is 7.72. The Morgan fingerprint density at radius 3 is 2.77 bits per heavy atom. The molecule has 1 fully saturated rings. The van der Waals surface area contributed by atoms with Crippen LogP contribution in [0.15, 0.2) is 28.7 Å². The molecule has 0 radical (unpaired) electrons. The van der Waals surface area contributed by atoms with Crippen molar-refractivity contribution in [3.63, 3.8) is 0 Å². The molecule has 0 bridgehead atoms. The summed E-state index contributed by atoms with van der Waals surface area (Å²) < 4.78 is 11.1. The number of amides is 2. The summed E-state index contributed by atoms with van der Waals surface area (Å²) in [5.41, 5.74) is 0.709. The van der Waals surface area contributed by atoms with Crippen molar-refractivity contribution < 1.29 is 13.9 Å². The van der Waals surface area contributed by atoms with Crippen LogP contribution in [-0.2, 0) is 0 Å². The number of para-hydroxylation sites is 1. The van der Waals surface area contributed by atoms with E-state index in [1.165, 1.54) is 12.8 Å². The average molecular weight is 302 g/mol. The van der Waals surface area contributed by atoms with Gasteiger partial charge >= 0.3 is 6.03 Å². The van der Waals surface area contributed by atoms with Crippen molar-refractivity contribution in [1.82, 2.24) is 10.6 Å². The molecule has 1 aromatic heterocycles. The summed E-state index contributed by atoms with van der Waals surface area (Å²) in [5, 5.41) is 6.87. The number of benzene rings is 1. The van der Waals surface area contributed by atoms with E-state index < -0.39 is 0 Å². The van der Waals surface area contributed by atoms with Crippen LogP contribution in [0.3, 0.4) is 0 Å². The number of furan rings is 1. The van der Waals surface area contributed by atoms with Crippen LogP contribution in [0.1, 0.15) is 38.5 Å². The Balaban J connectivity index is 1.68. The molecule has 5 nitrogen and oxygen atoms in total. The van der Waals surface area contributed by atoms with E-state index in [2.05, 4.69) is 10.6 Å². The Morgan fingerprint density at radius 1 is 1.32 bits per heavy atom. The average Bonchev–Trinajstić information content (AvgIpc) is 3.25. The molecule has 2 aromatic rings. The van der Waals surface area contributed by atoms with Crippen molar-refractivity contribution >= 4 is 17.0 Å². The Bertz CT molecular complexity index is 676. The zero-order valence-electron chi connectivity index (χ0n) is 13.2. The predicted molar refractivity (Wildman–Crippen MR) is 85.0 cm³/mol. The molecular weight excluding hydrogens is 280 g/mol. The number of hydrogen-bond donors (Lipinski definition) is 2. The van der Waals surface area contributed by atoms with Gasteiger partial charge in [-0.15, -0.1) is 0 Å². The van der Waals surface area contributed by atoms with E-state index >= 15 is 0 Å². The van der Waals surface area contributed by atoms with Gasteiger partial charge in [-0.3, -0.25) is 0 Å². The Hall–Kier alpha value is -2.17. The van der Waals surface area contributed by atoms with Gasteiger partial charge in [-0.1, -0.05) is 12.1 Å². The zero-order valence-corrected chi connectivity index (χ0v) is 13.2. The lowest BCUT2D eigenvalue weighted by Gasteiger charge is -2.16. The summed E-state index contributed by atoms with van der Waals surface area (Å²) in [6, 6.07) is 7.55. The van der Waals surface area contributed by atoms with E-state index in [-0.39, 0.29) is 18.1 Å². The van der Waals surface area contributed by atoms with Gasteiger partial charge in [0.2, 0.25) is 0 Å². The lowest BCUT2D eigenvalue weighted by atomic mass is 10.2. The molecule has 5 heteroatoms. The first kappa shape index (κ1) is 14.8. The lowest BCUT2D eigenvalue weighted by molar-refractivity contribution is 0.232. The molecule has 2 unspecified atom stereocenters. The summed E-state index contributed by atoms with van der Waals surface area (Å²) >= 11 is 0. The smallest absolute Gasteiger partial charge is 0.315 e. The third-order valence-electron chi connectivity index (χ3n) is 4.21. The number of carbonyl (C=O) groups excluding carboxylic acids is 1. The van der Waals surface area contributed by atoms with Crippen LogP contribution in [0.4, 0.5) is 4.79 Å². The fourth-order valence-corrected chi connectivity index (χ4v) is 2.66. The number of ether oxygens (including phenoxy) is 1. The second-order valence-electron chi connectivity index (χ2n) is 5.99. The maximum absolute atomic E-state index is 12.0. The summed E-state index contributed by atoms with van der Waals surface area (Å²) in [6.45, 7) is 3.96. The molecule has 1 aromatic carbocycles. The minimum Gasteiger partial charge on any atom is -0.493 e. The van der Waals surface area contributed by atoms with Crippen LogP contribution >= 0.6 is 0 Å². The lowest BCUT2D eigenvalue weighted by Crippen LogP contribution is -2.42. The van der Waals surface area contributed by atoms with Crippen molar-refractivity contribution in [2.24, 2.45) is 5.92 Å². The van der Waals surface area contributed by atoms with E-state index in [1.807, 2.05) is 38.1 Å². The Labute approximate surface area is 130 Å². The number of carbonyl (C=O) groups is 1. The van der Waals surface area contributed by atoms with Gasteiger partial charge in [0.15, 0.2) is 11.3 Å². The minimum absolute atomic E-state index is 0.153. The highest BCUT2D eigenvalue weighted by molar-refractivity contribution is 5.84. The molecule has 0 saturated heterocycles. The highest BCUT2D eigenvalue weighted by Crippen LogP contribution is 2.32. The van der Waals surface area contributed by atoms with E-state index in [1.54, 1.807) is 7.11 Å². The van der Waals surface area contributed by atoms with Gasteiger partial charge in [0, 0.05) is 11.4 Å². The number of fused-ring (bicyclic) bond motifs is 1. The van der Waals surface area contributed by atoms with Crippen molar-refractivity contribution in [2.75, 3.05) is 7.11 Å². The fourth-order valence-electron chi connectivity index (χ4n) is 2.66. The molecule has 3 rings (SSSR count). The van der Waals surface area contributed by atoms with Gasteiger partial charge in [-0.25, -0.2) is 4.79 Å². The van der Waals surface area contributed by atoms with Gasteiger partial charge < -0.3 is 19.8 Å². The third-order valence-corrected chi connectivity index (χ3v) is 4.21. The van der Waals surface area contributed by atoms with Gasteiger partial charge in [-0.05, 0) is 44.7 Å². The monoisotopic (exact) mass is 302 g/mol. The first-order chi connectivity index (χ1) is 10.6. The molecule has 22 heavy (non-hydrogen) atoms. The molecule has 0 spiro atoms. The van der Waals surface area contributed by atoms with Gasteiger partial charge in [-0.2, -0.15) is 0 Å². The SMILES string of the molecule is COc1cccc2cc(C(C)NC(=O)NC(C)C3CC3)oc12. The van der Waals surface area contributed by atoms with Crippen molar-refractivity contribution in [2.45, 2.75) is 38.8 Å². The van der Waals surface area contributed by atoms with E-state index in [4.69, 9.17) is 9.15 Å². The van der Waals surface area contributed by atoms with Crippen LogP contribution in [0.25, 0.3) is 11.0 Å². The zero-order chi connectivity index (χ0) is 15.7. The Morgan fingerprint density at radius 2 is 2.09 bits per heavy atom.